The summed E-state index contributed by atoms with van der Waals surface area (Å²) in [6.45, 7) is 0. The zero-order chi connectivity index (χ0) is 16.5. The van der Waals surface area contributed by atoms with Gasteiger partial charge in [-0.2, -0.15) is 0 Å². The Morgan fingerprint density at radius 3 is 2.50 bits per heavy atom. The molecule has 2 aromatic carbocycles. The highest BCUT2D eigenvalue weighted by atomic mass is 35.5. The molecule has 0 radical (unpaired) electrons. The maximum Gasteiger partial charge on any atom is 0.227 e. The Kier molecular flexibility index (Phi) is 3.55. The number of fused-ring (bicyclic) bond motifs is 1. The normalized spacial score (nSPS) is 10.9. The van der Waals surface area contributed by atoms with Gasteiger partial charge in [-0.15, -0.1) is 0 Å². The van der Waals surface area contributed by atoms with Gasteiger partial charge in [0.25, 0.3) is 0 Å². The summed E-state index contributed by atoms with van der Waals surface area (Å²) >= 11 is 5.76. The molecule has 0 unspecified atom stereocenters. The lowest BCUT2D eigenvalue weighted by Gasteiger charge is -2.04. The molecule has 0 amide bonds. The minimum absolute atomic E-state index is 0.196. The minimum Gasteiger partial charge on any atom is -0.508 e. The molecule has 2 aromatic heterocycles. The monoisotopic (exact) mass is 338 g/mol. The molecule has 118 valence electrons. The van der Waals surface area contributed by atoms with Crippen LogP contribution in [0.1, 0.15) is 0 Å². The Balaban J connectivity index is 1.65. The molecule has 4 aromatic rings. The van der Waals surface area contributed by atoms with Crippen LogP contribution in [0.15, 0.2) is 65.2 Å². The molecule has 0 bridgehead atoms. The lowest BCUT2D eigenvalue weighted by atomic mass is 10.2. The zero-order valence-corrected chi connectivity index (χ0v) is 13.1. The van der Waals surface area contributed by atoms with Crippen molar-refractivity contribution in [2.24, 2.45) is 0 Å². The van der Waals surface area contributed by atoms with E-state index < -0.39 is 0 Å². The van der Waals surface area contributed by atoms with Gasteiger partial charge in [0.05, 0.1) is 6.20 Å². The van der Waals surface area contributed by atoms with Crippen molar-refractivity contribution in [3.8, 4) is 28.7 Å². The van der Waals surface area contributed by atoms with Gasteiger partial charge in [-0.3, -0.25) is 0 Å². The van der Waals surface area contributed by atoms with E-state index >= 15 is 0 Å². The quantitative estimate of drug-likeness (QED) is 0.530. The van der Waals surface area contributed by atoms with Gasteiger partial charge in [-0.1, -0.05) is 11.6 Å². The van der Waals surface area contributed by atoms with Gasteiger partial charge < -0.3 is 14.3 Å². The van der Waals surface area contributed by atoms with Crippen LogP contribution in [0.3, 0.4) is 0 Å². The van der Waals surface area contributed by atoms with E-state index in [1.54, 1.807) is 54.7 Å². The van der Waals surface area contributed by atoms with E-state index in [2.05, 4.69) is 9.97 Å². The van der Waals surface area contributed by atoms with Gasteiger partial charge in [0.2, 0.25) is 5.89 Å². The summed E-state index contributed by atoms with van der Waals surface area (Å²) in [6, 6.07) is 15.5. The third-order valence-electron chi connectivity index (χ3n) is 3.41. The van der Waals surface area contributed by atoms with Gasteiger partial charge >= 0.3 is 0 Å². The highest BCUT2D eigenvalue weighted by Crippen LogP contribution is 2.29. The highest BCUT2D eigenvalue weighted by Gasteiger charge is 2.10. The number of oxazole rings is 1. The van der Waals surface area contributed by atoms with Crippen molar-refractivity contribution in [3.63, 3.8) is 0 Å². The highest BCUT2D eigenvalue weighted by molar-refractivity contribution is 6.29. The first-order valence-corrected chi connectivity index (χ1v) is 7.54. The summed E-state index contributed by atoms with van der Waals surface area (Å²) in [5, 5.41) is 9.76. The number of halogens is 1. The largest absolute Gasteiger partial charge is 0.508 e. The Hall–Kier alpha value is -3.05. The van der Waals surface area contributed by atoms with E-state index in [0.717, 1.165) is 11.1 Å². The molecule has 0 aliphatic rings. The first kappa shape index (κ1) is 14.5. The molecule has 0 saturated carbocycles. The maximum absolute atomic E-state index is 9.36. The van der Waals surface area contributed by atoms with Crippen LogP contribution < -0.4 is 4.74 Å². The third-order valence-corrected chi connectivity index (χ3v) is 3.63. The lowest BCUT2D eigenvalue weighted by Crippen LogP contribution is -1.85. The molecule has 6 heteroatoms. The van der Waals surface area contributed by atoms with Crippen molar-refractivity contribution in [3.05, 3.63) is 65.9 Å². The van der Waals surface area contributed by atoms with Crippen LogP contribution in [0.5, 0.6) is 17.2 Å². The van der Waals surface area contributed by atoms with Gasteiger partial charge in [0, 0.05) is 11.6 Å². The van der Waals surface area contributed by atoms with Crippen molar-refractivity contribution in [1.29, 1.82) is 0 Å². The number of phenols is 1. The molecule has 0 fully saturated rings. The van der Waals surface area contributed by atoms with Crippen LogP contribution >= 0.6 is 11.6 Å². The van der Waals surface area contributed by atoms with Crippen LogP contribution in [-0.2, 0) is 0 Å². The number of hydrogen-bond donors (Lipinski definition) is 1. The fourth-order valence-electron chi connectivity index (χ4n) is 2.25. The molecule has 4 rings (SSSR count). The molecular formula is C18H11ClN2O3. The smallest absolute Gasteiger partial charge is 0.227 e. The van der Waals surface area contributed by atoms with Crippen molar-refractivity contribution >= 4 is 22.7 Å². The minimum atomic E-state index is 0.196. The first-order valence-electron chi connectivity index (χ1n) is 7.17. The Bertz CT molecular complexity index is 995. The summed E-state index contributed by atoms with van der Waals surface area (Å²) in [6.07, 6.45) is 1.55. The van der Waals surface area contributed by atoms with Gasteiger partial charge in [0.1, 0.15) is 27.9 Å². The number of phenolic OH excluding ortho intramolecular Hbond substituents is 1. The van der Waals surface area contributed by atoms with E-state index in [9.17, 15) is 5.11 Å². The molecule has 0 aliphatic carbocycles. The van der Waals surface area contributed by atoms with Crippen LogP contribution in [-0.4, -0.2) is 15.1 Å². The van der Waals surface area contributed by atoms with E-state index in [-0.39, 0.29) is 5.75 Å². The Morgan fingerprint density at radius 2 is 1.75 bits per heavy atom. The summed E-state index contributed by atoms with van der Waals surface area (Å²) < 4.78 is 11.5. The molecule has 0 atom stereocenters. The zero-order valence-electron chi connectivity index (χ0n) is 12.3. The molecule has 1 N–H and O–H groups in total. The second kappa shape index (κ2) is 5.86. The maximum atomic E-state index is 9.36. The summed E-state index contributed by atoms with van der Waals surface area (Å²) in [4.78, 5) is 8.41. The molecule has 24 heavy (non-hydrogen) atoms. The number of pyridine rings is 1. The second-order valence-electron chi connectivity index (χ2n) is 5.11. The molecular weight excluding hydrogens is 328 g/mol. The molecule has 0 saturated heterocycles. The number of nitrogens with zero attached hydrogens (tertiary/aromatic N) is 2. The molecule has 0 spiro atoms. The molecule has 0 aliphatic heterocycles. The number of aromatic hydroxyl groups is 1. The van der Waals surface area contributed by atoms with E-state index in [4.69, 9.17) is 20.8 Å². The number of ether oxygens (including phenoxy) is 1. The van der Waals surface area contributed by atoms with Crippen molar-refractivity contribution < 1.29 is 14.3 Å². The van der Waals surface area contributed by atoms with Crippen LogP contribution in [0, 0.1) is 0 Å². The SMILES string of the molecule is Oc1ccc(-c2nc3ccc(Oc4ccc(Cl)nc4)cc3o2)cc1. The van der Waals surface area contributed by atoms with Crippen LogP contribution in [0.4, 0.5) is 0 Å². The number of benzene rings is 2. The molecule has 5 nitrogen and oxygen atoms in total. The van der Waals surface area contributed by atoms with Crippen molar-refractivity contribution in [2.75, 3.05) is 0 Å². The molecule has 2 heterocycles. The van der Waals surface area contributed by atoms with Gasteiger partial charge in [-0.25, -0.2) is 9.97 Å². The van der Waals surface area contributed by atoms with E-state index in [1.165, 1.54) is 0 Å². The standard InChI is InChI=1S/C18H11ClN2O3/c19-17-8-6-14(10-20-17)23-13-5-7-15-16(9-13)24-18(21-15)11-1-3-12(22)4-2-11/h1-10,22H. The van der Waals surface area contributed by atoms with Gasteiger partial charge in [0.15, 0.2) is 5.58 Å². The number of hydrogen-bond acceptors (Lipinski definition) is 5. The van der Waals surface area contributed by atoms with E-state index in [1.807, 2.05) is 6.07 Å². The fourth-order valence-corrected chi connectivity index (χ4v) is 2.37. The van der Waals surface area contributed by atoms with Gasteiger partial charge in [-0.05, 0) is 48.5 Å². The summed E-state index contributed by atoms with van der Waals surface area (Å²) in [5.74, 6) is 1.87. The van der Waals surface area contributed by atoms with Crippen molar-refractivity contribution in [2.45, 2.75) is 0 Å². The van der Waals surface area contributed by atoms with Crippen LogP contribution in [0.2, 0.25) is 5.15 Å². The Labute approximate surface area is 142 Å². The number of rotatable bonds is 3. The fraction of sp³-hybridized carbons (Fsp3) is 0. The van der Waals surface area contributed by atoms with Crippen LogP contribution in [0.25, 0.3) is 22.6 Å². The third kappa shape index (κ3) is 2.89. The predicted molar refractivity (Wildman–Crippen MR) is 90.4 cm³/mol. The van der Waals surface area contributed by atoms with E-state index in [0.29, 0.717) is 28.1 Å². The average Bonchev–Trinajstić information content (AvgIpc) is 3.01. The summed E-state index contributed by atoms with van der Waals surface area (Å²) in [5.41, 5.74) is 2.12. The van der Waals surface area contributed by atoms with Crippen molar-refractivity contribution in [1.82, 2.24) is 9.97 Å². The lowest BCUT2D eigenvalue weighted by molar-refractivity contribution is 0.475. The number of aromatic nitrogens is 2. The summed E-state index contributed by atoms with van der Waals surface area (Å²) in [7, 11) is 0. The second-order valence-corrected chi connectivity index (χ2v) is 5.50. The first-order chi connectivity index (χ1) is 11.7. The predicted octanol–water partition coefficient (Wildman–Crippen LogP) is 5.04. The Morgan fingerprint density at radius 1 is 0.958 bits per heavy atom. The average molecular weight is 339 g/mol. The topological polar surface area (TPSA) is 68.4 Å².